The highest BCUT2D eigenvalue weighted by Crippen LogP contribution is 2.20. The highest BCUT2D eigenvalue weighted by molar-refractivity contribution is 4.90. The van der Waals surface area contributed by atoms with Crippen molar-refractivity contribution < 1.29 is 4.74 Å². The minimum absolute atomic E-state index is 0.00463. The number of nitrogens with zero attached hydrogens (tertiary/aromatic N) is 1. The van der Waals surface area contributed by atoms with Crippen molar-refractivity contribution in [3.05, 3.63) is 4.85 Å². The van der Waals surface area contributed by atoms with Crippen LogP contribution in [0, 0.1) is 6.57 Å². The molecule has 1 aliphatic rings. The molecule has 0 saturated carbocycles. The third-order valence-electron chi connectivity index (χ3n) is 0.826. The van der Waals surface area contributed by atoms with Gasteiger partial charge in [0.1, 0.15) is 0 Å². The van der Waals surface area contributed by atoms with E-state index in [1.807, 2.05) is 6.92 Å². The molecule has 1 rings (SSSR count). The fourth-order valence-electron chi connectivity index (χ4n) is 0.331. The fraction of sp³-hybridized carbons (Fsp3) is 0.750. The smallest absolute Gasteiger partial charge is 0.291 e. The second-order valence-electron chi connectivity index (χ2n) is 1.38. The van der Waals surface area contributed by atoms with Crippen LogP contribution in [-0.4, -0.2) is 12.3 Å². The normalized spacial score (nSPS) is 41.3. The van der Waals surface area contributed by atoms with Gasteiger partial charge in [0.25, 0.3) is 6.57 Å². The Kier molecular flexibility index (Phi) is 0.578. The molecule has 0 aromatic heterocycles. The molecule has 6 heavy (non-hydrogen) atoms. The lowest BCUT2D eigenvalue weighted by atomic mass is 10.5. The van der Waals surface area contributed by atoms with E-state index in [-0.39, 0.29) is 12.3 Å². The number of epoxide rings is 1. The molecule has 0 aliphatic carbocycles. The van der Waals surface area contributed by atoms with Crippen molar-refractivity contribution in [2.24, 2.45) is 0 Å². The van der Waals surface area contributed by atoms with Crippen molar-refractivity contribution in [1.29, 1.82) is 0 Å². The first-order valence-corrected chi connectivity index (χ1v) is 1.90. The minimum atomic E-state index is 0.00463. The highest BCUT2D eigenvalue weighted by Gasteiger charge is 2.44. The van der Waals surface area contributed by atoms with Gasteiger partial charge in [0.05, 0.1) is 0 Å². The molecule has 0 radical (unpaired) electrons. The first-order chi connectivity index (χ1) is 2.84. The Bertz CT molecular complexity index is 94.2. The molecule has 1 fully saturated rings. The number of ether oxygens (including phenoxy) is 1. The van der Waals surface area contributed by atoms with E-state index in [0.717, 1.165) is 0 Å². The second-order valence-corrected chi connectivity index (χ2v) is 1.38. The fourth-order valence-corrected chi connectivity index (χ4v) is 0.331. The molecule has 2 heteroatoms. The Balaban J connectivity index is 2.31. The van der Waals surface area contributed by atoms with E-state index in [0.29, 0.717) is 0 Å². The van der Waals surface area contributed by atoms with Crippen molar-refractivity contribution in [2.75, 3.05) is 0 Å². The van der Waals surface area contributed by atoms with E-state index in [1.54, 1.807) is 0 Å². The van der Waals surface area contributed by atoms with Crippen molar-refractivity contribution in [2.45, 2.75) is 19.3 Å². The zero-order valence-corrected chi connectivity index (χ0v) is 3.59. The van der Waals surface area contributed by atoms with Gasteiger partial charge in [-0.25, -0.2) is 0 Å². The quantitative estimate of drug-likeness (QED) is 0.395. The topological polar surface area (TPSA) is 16.9 Å². The Labute approximate surface area is 36.5 Å². The SMILES string of the molecule is C#[N+]C1OC1C. The van der Waals surface area contributed by atoms with Crippen LogP contribution in [0.25, 0.3) is 4.85 Å². The van der Waals surface area contributed by atoms with Gasteiger partial charge in [-0.1, -0.05) is 0 Å². The summed E-state index contributed by atoms with van der Waals surface area (Å²) in [5, 5.41) is 0. The molecule has 2 nitrogen and oxygen atoms in total. The van der Waals surface area contributed by atoms with Crippen molar-refractivity contribution in [1.82, 2.24) is 0 Å². The van der Waals surface area contributed by atoms with E-state index < -0.39 is 0 Å². The predicted octanol–water partition coefficient (Wildman–Crippen LogP) is 0.694. The average molecular weight is 84.1 g/mol. The van der Waals surface area contributed by atoms with Crippen LogP contribution in [0.2, 0.25) is 0 Å². The maximum Gasteiger partial charge on any atom is 0.402 e. The van der Waals surface area contributed by atoms with Crippen LogP contribution in [-0.2, 0) is 4.74 Å². The highest BCUT2D eigenvalue weighted by atomic mass is 16.6. The molecule has 1 heterocycles. The lowest BCUT2D eigenvalue weighted by Crippen LogP contribution is -1.74. The monoisotopic (exact) mass is 84.0 g/mol. The van der Waals surface area contributed by atoms with Gasteiger partial charge in [0.2, 0.25) is 0 Å². The third kappa shape index (κ3) is 0.373. The molecule has 0 aromatic carbocycles. The van der Waals surface area contributed by atoms with Crippen molar-refractivity contribution >= 4 is 0 Å². The van der Waals surface area contributed by atoms with E-state index in [2.05, 4.69) is 4.85 Å². The van der Waals surface area contributed by atoms with Crippen LogP contribution in [0.5, 0.6) is 0 Å². The molecule has 32 valence electrons. The standard InChI is InChI=1S/C4H6NO/c1-3-4(5-2)6-3/h2-4H,1H3/q+1. The summed E-state index contributed by atoms with van der Waals surface area (Å²) in [6.07, 6.45) is 0.278. The zero-order chi connectivity index (χ0) is 4.57. The van der Waals surface area contributed by atoms with Crippen LogP contribution in [0.4, 0.5) is 0 Å². The van der Waals surface area contributed by atoms with Crippen LogP contribution in [0.15, 0.2) is 0 Å². The van der Waals surface area contributed by atoms with Crippen LogP contribution >= 0.6 is 0 Å². The molecular formula is C4H6NO+. The summed E-state index contributed by atoms with van der Waals surface area (Å²) in [5.41, 5.74) is 0. The summed E-state index contributed by atoms with van der Waals surface area (Å²) in [7, 11) is 0. The maximum atomic E-state index is 4.82. The number of rotatable bonds is 0. The molecule has 1 aliphatic heterocycles. The van der Waals surface area contributed by atoms with Gasteiger partial charge >= 0.3 is 6.23 Å². The predicted molar refractivity (Wildman–Crippen MR) is 22.6 cm³/mol. The summed E-state index contributed by atoms with van der Waals surface area (Å²) in [6.45, 7) is 6.76. The molecule has 0 aromatic rings. The molecule has 2 unspecified atom stereocenters. The van der Waals surface area contributed by atoms with Gasteiger partial charge < -0.3 is 0 Å². The van der Waals surface area contributed by atoms with Gasteiger partial charge in [-0.3, -0.25) is 4.74 Å². The lowest BCUT2D eigenvalue weighted by molar-refractivity contribution is 0.399. The molecular weight excluding hydrogens is 78.0 g/mol. The van der Waals surface area contributed by atoms with Crippen LogP contribution < -0.4 is 0 Å². The van der Waals surface area contributed by atoms with E-state index in [9.17, 15) is 0 Å². The largest absolute Gasteiger partial charge is 0.402 e. The molecule has 0 bridgehead atoms. The van der Waals surface area contributed by atoms with Gasteiger partial charge in [0, 0.05) is 0 Å². The second kappa shape index (κ2) is 0.954. The Morgan fingerprint density at radius 2 is 2.33 bits per heavy atom. The molecule has 0 N–H and O–H groups in total. The summed E-state index contributed by atoms with van der Waals surface area (Å²) in [5.74, 6) is 0. The number of hydrogen-bond donors (Lipinski definition) is 0. The Hall–Kier alpha value is -0.550. The van der Waals surface area contributed by atoms with Gasteiger partial charge in [-0.2, -0.15) is 0 Å². The summed E-state index contributed by atoms with van der Waals surface area (Å²) >= 11 is 0. The zero-order valence-electron chi connectivity index (χ0n) is 3.59. The summed E-state index contributed by atoms with van der Waals surface area (Å²) in [4.78, 5) is 3.36. The van der Waals surface area contributed by atoms with Crippen molar-refractivity contribution in [3.8, 4) is 6.57 Å². The lowest BCUT2D eigenvalue weighted by Gasteiger charge is -1.47. The van der Waals surface area contributed by atoms with Gasteiger partial charge in [-0.05, 0) is 11.8 Å². The van der Waals surface area contributed by atoms with E-state index >= 15 is 0 Å². The van der Waals surface area contributed by atoms with E-state index in [1.165, 1.54) is 0 Å². The maximum absolute atomic E-state index is 4.82. The summed E-state index contributed by atoms with van der Waals surface area (Å²) in [6, 6.07) is 0. The summed E-state index contributed by atoms with van der Waals surface area (Å²) < 4.78 is 4.77. The number of hydrogen-bond acceptors (Lipinski definition) is 1. The Morgan fingerprint density at radius 1 is 1.83 bits per heavy atom. The first-order valence-electron chi connectivity index (χ1n) is 1.90. The average Bonchev–Trinajstić information content (AvgIpc) is 2.19. The Morgan fingerprint density at radius 3 is 2.33 bits per heavy atom. The first kappa shape index (κ1) is 3.63. The molecule has 0 amide bonds. The van der Waals surface area contributed by atoms with Crippen LogP contribution in [0.1, 0.15) is 6.92 Å². The van der Waals surface area contributed by atoms with Crippen molar-refractivity contribution in [3.63, 3.8) is 0 Å². The van der Waals surface area contributed by atoms with Gasteiger partial charge in [-0.15, -0.1) is 0 Å². The van der Waals surface area contributed by atoms with E-state index in [4.69, 9.17) is 11.3 Å². The molecule has 0 spiro atoms. The third-order valence-corrected chi connectivity index (χ3v) is 0.826. The van der Waals surface area contributed by atoms with Crippen LogP contribution in [0.3, 0.4) is 0 Å². The minimum Gasteiger partial charge on any atom is -0.291 e. The molecule has 2 atom stereocenters. The molecule has 1 saturated heterocycles. The van der Waals surface area contributed by atoms with Gasteiger partial charge in [0.15, 0.2) is 6.10 Å².